The number of nitriles is 1. The van der Waals surface area contributed by atoms with Crippen molar-refractivity contribution < 1.29 is 0 Å². The van der Waals surface area contributed by atoms with Crippen molar-refractivity contribution in [2.24, 2.45) is 13.0 Å². The molecule has 1 N–H and O–H groups in total. The number of hydrogen-bond acceptors (Lipinski definition) is 4. The zero-order chi connectivity index (χ0) is 12.8. The summed E-state index contributed by atoms with van der Waals surface area (Å²) in [5, 5.41) is 20.7. The van der Waals surface area contributed by atoms with Gasteiger partial charge in [-0.05, 0) is 12.8 Å². The van der Waals surface area contributed by atoms with Crippen LogP contribution in [-0.4, -0.2) is 27.4 Å². The van der Waals surface area contributed by atoms with E-state index in [-0.39, 0.29) is 5.92 Å². The van der Waals surface area contributed by atoms with Gasteiger partial charge >= 0.3 is 0 Å². The van der Waals surface area contributed by atoms with Crippen LogP contribution in [0.5, 0.6) is 0 Å². The van der Waals surface area contributed by atoms with Crippen LogP contribution < -0.4 is 5.32 Å². The molecule has 0 saturated heterocycles. The Morgan fingerprint density at radius 2 is 2.28 bits per heavy atom. The highest BCUT2D eigenvalue weighted by Gasteiger charge is 2.22. The van der Waals surface area contributed by atoms with E-state index in [0.717, 1.165) is 31.6 Å². The molecule has 1 aromatic heterocycles. The normalized spacial score (nSPS) is 24.4. The van der Waals surface area contributed by atoms with Crippen LogP contribution in [0.3, 0.4) is 0 Å². The molecule has 2 rings (SSSR count). The first kappa shape index (κ1) is 13.0. The third-order valence-electron chi connectivity index (χ3n) is 3.74. The third-order valence-corrected chi connectivity index (χ3v) is 3.74. The number of rotatable bonds is 4. The molecule has 18 heavy (non-hydrogen) atoms. The fraction of sp³-hybridized carbons (Fsp3) is 0.769. The average molecular weight is 247 g/mol. The maximum atomic E-state index is 9.20. The van der Waals surface area contributed by atoms with Crippen molar-refractivity contribution in [3.05, 3.63) is 12.2 Å². The Bertz CT molecular complexity index is 406. The Kier molecular flexibility index (Phi) is 4.71. The SMILES string of the molecule is Cn1cnnc1CCNC1CCCCCC1C#N. The molecule has 1 fully saturated rings. The number of nitrogens with zero attached hydrogens (tertiary/aromatic N) is 4. The van der Waals surface area contributed by atoms with Crippen molar-refractivity contribution in [3.8, 4) is 6.07 Å². The van der Waals surface area contributed by atoms with E-state index in [0.29, 0.717) is 6.04 Å². The minimum Gasteiger partial charge on any atom is -0.321 e. The summed E-state index contributed by atoms with van der Waals surface area (Å²) in [6, 6.07) is 2.81. The van der Waals surface area contributed by atoms with E-state index in [1.807, 2.05) is 11.6 Å². The molecule has 0 amide bonds. The molecule has 1 aliphatic rings. The van der Waals surface area contributed by atoms with Crippen LogP contribution in [0, 0.1) is 17.2 Å². The molecule has 5 heteroatoms. The fourth-order valence-electron chi connectivity index (χ4n) is 2.61. The Labute approximate surface area is 108 Å². The summed E-state index contributed by atoms with van der Waals surface area (Å²) in [5.41, 5.74) is 0. The van der Waals surface area contributed by atoms with Crippen LogP contribution in [0.15, 0.2) is 6.33 Å². The highest BCUT2D eigenvalue weighted by molar-refractivity contribution is 4.94. The highest BCUT2D eigenvalue weighted by atomic mass is 15.2. The van der Waals surface area contributed by atoms with Crippen molar-refractivity contribution in [2.75, 3.05) is 6.54 Å². The molecule has 1 aliphatic carbocycles. The van der Waals surface area contributed by atoms with Crippen LogP contribution >= 0.6 is 0 Å². The van der Waals surface area contributed by atoms with Crippen molar-refractivity contribution in [3.63, 3.8) is 0 Å². The third kappa shape index (κ3) is 3.30. The largest absolute Gasteiger partial charge is 0.321 e. The van der Waals surface area contributed by atoms with Crippen LogP contribution in [0.2, 0.25) is 0 Å². The van der Waals surface area contributed by atoms with Gasteiger partial charge in [0, 0.05) is 26.1 Å². The maximum absolute atomic E-state index is 9.20. The lowest BCUT2D eigenvalue weighted by Crippen LogP contribution is -2.36. The molecule has 1 aromatic rings. The molecular formula is C13H21N5. The second kappa shape index (κ2) is 6.50. The summed E-state index contributed by atoms with van der Waals surface area (Å²) in [6.07, 6.45) is 8.44. The van der Waals surface area contributed by atoms with Gasteiger partial charge in [0.2, 0.25) is 0 Å². The van der Waals surface area contributed by atoms with Gasteiger partial charge in [0.15, 0.2) is 0 Å². The molecule has 2 atom stereocenters. The summed E-state index contributed by atoms with van der Waals surface area (Å²) in [7, 11) is 1.96. The smallest absolute Gasteiger partial charge is 0.133 e. The summed E-state index contributed by atoms with van der Waals surface area (Å²) in [5.74, 6) is 1.16. The average Bonchev–Trinajstić information content (AvgIpc) is 2.65. The molecule has 2 unspecified atom stereocenters. The fourth-order valence-corrected chi connectivity index (χ4v) is 2.61. The second-order valence-electron chi connectivity index (χ2n) is 5.04. The van der Waals surface area contributed by atoms with Gasteiger partial charge in [-0.1, -0.05) is 19.3 Å². The van der Waals surface area contributed by atoms with E-state index in [4.69, 9.17) is 0 Å². The summed E-state index contributed by atoms with van der Waals surface area (Å²) in [4.78, 5) is 0. The van der Waals surface area contributed by atoms with Gasteiger partial charge in [0.1, 0.15) is 12.2 Å². The maximum Gasteiger partial charge on any atom is 0.133 e. The zero-order valence-electron chi connectivity index (χ0n) is 11.0. The van der Waals surface area contributed by atoms with E-state index in [2.05, 4.69) is 21.6 Å². The van der Waals surface area contributed by atoms with Gasteiger partial charge in [-0.3, -0.25) is 0 Å². The molecule has 1 saturated carbocycles. The van der Waals surface area contributed by atoms with Gasteiger partial charge < -0.3 is 9.88 Å². The summed E-state index contributed by atoms with van der Waals surface area (Å²) in [6.45, 7) is 0.870. The number of aromatic nitrogens is 3. The molecule has 0 bridgehead atoms. The Hall–Kier alpha value is -1.41. The molecule has 1 heterocycles. The molecule has 5 nitrogen and oxygen atoms in total. The lowest BCUT2D eigenvalue weighted by atomic mass is 9.96. The van der Waals surface area contributed by atoms with Gasteiger partial charge in [-0.15, -0.1) is 10.2 Å². The molecule has 0 radical (unpaired) electrons. The van der Waals surface area contributed by atoms with E-state index in [1.165, 1.54) is 19.3 Å². The van der Waals surface area contributed by atoms with Crippen molar-refractivity contribution in [1.29, 1.82) is 5.26 Å². The first-order valence-corrected chi connectivity index (χ1v) is 6.77. The second-order valence-corrected chi connectivity index (χ2v) is 5.04. The lowest BCUT2D eigenvalue weighted by molar-refractivity contribution is 0.395. The van der Waals surface area contributed by atoms with E-state index in [9.17, 15) is 5.26 Å². The van der Waals surface area contributed by atoms with E-state index >= 15 is 0 Å². The molecule has 0 spiro atoms. The Morgan fingerprint density at radius 3 is 3.00 bits per heavy atom. The first-order chi connectivity index (χ1) is 8.81. The van der Waals surface area contributed by atoms with Crippen LogP contribution in [0.25, 0.3) is 0 Å². The monoisotopic (exact) mass is 247 g/mol. The highest BCUT2D eigenvalue weighted by Crippen LogP contribution is 2.22. The van der Waals surface area contributed by atoms with E-state index in [1.54, 1.807) is 6.33 Å². The number of nitrogens with one attached hydrogen (secondary N) is 1. The predicted octanol–water partition coefficient (Wildman–Crippen LogP) is 1.42. The summed E-state index contributed by atoms with van der Waals surface area (Å²) >= 11 is 0. The molecular weight excluding hydrogens is 226 g/mol. The minimum atomic E-state index is 0.173. The van der Waals surface area contributed by atoms with Crippen molar-refractivity contribution >= 4 is 0 Å². The van der Waals surface area contributed by atoms with Crippen LogP contribution in [-0.2, 0) is 13.5 Å². The topological polar surface area (TPSA) is 66.5 Å². The van der Waals surface area contributed by atoms with Gasteiger partial charge in [0.05, 0.1) is 12.0 Å². The van der Waals surface area contributed by atoms with Crippen LogP contribution in [0.4, 0.5) is 0 Å². The van der Waals surface area contributed by atoms with Crippen LogP contribution in [0.1, 0.15) is 37.9 Å². The molecule has 0 aliphatic heterocycles. The van der Waals surface area contributed by atoms with Gasteiger partial charge in [-0.2, -0.15) is 5.26 Å². The Morgan fingerprint density at radius 1 is 1.44 bits per heavy atom. The number of aryl methyl sites for hydroxylation is 1. The molecule has 98 valence electrons. The van der Waals surface area contributed by atoms with Crippen molar-refractivity contribution in [2.45, 2.75) is 44.6 Å². The van der Waals surface area contributed by atoms with Gasteiger partial charge in [0.25, 0.3) is 0 Å². The quantitative estimate of drug-likeness (QED) is 0.817. The van der Waals surface area contributed by atoms with Crippen molar-refractivity contribution in [1.82, 2.24) is 20.1 Å². The standard InChI is InChI=1S/C13H21N5/c1-18-10-16-17-13(18)7-8-15-12-6-4-2-3-5-11(12)9-14/h10-12,15H,2-8H2,1H3. The minimum absolute atomic E-state index is 0.173. The molecule has 0 aromatic carbocycles. The lowest BCUT2D eigenvalue weighted by Gasteiger charge is -2.20. The van der Waals surface area contributed by atoms with E-state index < -0.39 is 0 Å². The first-order valence-electron chi connectivity index (χ1n) is 6.77. The van der Waals surface area contributed by atoms with Gasteiger partial charge in [-0.25, -0.2) is 0 Å². The predicted molar refractivity (Wildman–Crippen MR) is 68.7 cm³/mol. The zero-order valence-corrected chi connectivity index (χ0v) is 11.0. The Balaban J connectivity index is 1.81. The summed E-state index contributed by atoms with van der Waals surface area (Å²) < 4.78 is 1.94. The number of hydrogen-bond donors (Lipinski definition) is 1.